The van der Waals surface area contributed by atoms with Crippen molar-refractivity contribution in [1.29, 1.82) is 0 Å². The van der Waals surface area contributed by atoms with Gasteiger partial charge in [-0.25, -0.2) is 4.98 Å². The summed E-state index contributed by atoms with van der Waals surface area (Å²) < 4.78 is 2.19. The van der Waals surface area contributed by atoms with E-state index in [0.29, 0.717) is 10.0 Å². The molecule has 1 fully saturated rings. The van der Waals surface area contributed by atoms with Crippen LogP contribution in [0, 0.1) is 5.41 Å². The highest BCUT2D eigenvalue weighted by Crippen LogP contribution is 2.33. The Morgan fingerprint density at radius 3 is 3.00 bits per heavy atom. The first kappa shape index (κ1) is 14.9. The van der Waals surface area contributed by atoms with Crippen LogP contribution < -0.4 is 5.32 Å². The van der Waals surface area contributed by atoms with E-state index in [9.17, 15) is 0 Å². The normalized spacial score (nSPS) is 22.4. The van der Waals surface area contributed by atoms with Crippen molar-refractivity contribution in [1.82, 2.24) is 14.9 Å². The molecule has 112 valence electrons. The standard InChI is InChI=1S/C16H19Cl2N3/c1-16(5-2-6-19-9-16)10-21-11-20-8-15(21)13-7-12(17)3-4-14(13)18/h3-4,7-8,11,19H,2,5-6,9-10H2,1H3. The van der Waals surface area contributed by atoms with Gasteiger partial charge in [-0.1, -0.05) is 30.1 Å². The Labute approximate surface area is 135 Å². The van der Waals surface area contributed by atoms with Crippen LogP contribution in [0.4, 0.5) is 0 Å². The molecule has 0 spiro atoms. The fraction of sp³-hybridized carbons (Fsp3) is 0.438. The molecule has 3 rings (SSSR count). The first-order chi connectivity index (χ1) is 10.1. The summed E-state index contributed by atoms with van der Waals surface area (Å²) >= 11 is 12.4. The molecule has 2 heterocycles. The number of benzene rings is 1. The number of hydrogen-bond acceptors (Lipinski definition) is 2. The Morgan fingerprint density at radius 2 is 2.24 bits per heavy atom. The second kappa shape index (κ2) is 5.99. The summed E-state index contributed by atoms with van der Waals surface area (Å²) in [6.07, 6.45) is 6.18. The van der Waals surface area contributed by atoms with E-state index in [0.717, 1.165) is 30.9 Å². The van der Waals surface area contributed by atoms with Gasteiger partial charge >= 0.3 is 0 Å². The molecule has 5 heteroatoms. The van der Waals surface area contributed by atoms with E-state index in [1.54, 1.807) is 6.07 Å². The zero-order valence-electron chi connectivity index (χ0n) is 12.1. The van der Waals surface area contributed by atoms with Crippen molar-refractivity contribution in [3.63, 3.8) is 0 Å². The minimum absolute atomic E-state index is 0.249. The number of nitrogens with zero attached hydrogens (tertiary/aromatic N) is 2. The lowest BCUT2D eigenvalue weighted by atomic mass is 9.82. The molecule has 0 aliphatic carbocycles. The Bertz CT molecular complexity index is 630. The van der Waals surface area contributed by atoms with Crippen LogP contribution in [0.15, 0.2) is 30.7 Å². The first-order valence-corrected chi connectivity index (χ1v) is 7.99. The molecule has 1 aliphatic rings. The molecule has 1 N–H and O–H groups in total. The highest BCUT2D eigenvalue weighted by atomic mass is 35.5. The molecular weight excluding hydrogens is 305 g/mol. The van der Waals surface area contributed by atoms with Gasteiger partial charge < -0.3 is 9.88 Å². The second-order valence-electron chi connectivity index (χ2n) is 6.12. The molecule has 1 saturated heterocycles. The SMILES string of the molecule is CC1(Cn2cncc2-c2cc(Cl)ccc2Cl)CCCNC1. The molecule has 1 aromatic heterocycles. The average molecular weight is 324 g/mol. The monoisotopic (exact) mass is 323 g/mol. The Balaban J connectivity index is 1.92. The van der Waals surface area contributed by atoms with Crippen molar-refractivity contribution in [3.8, 4) is 11.3 Å². The van der Waals surface area contributed by atoms with Crippen LogP contribution in [0.5, 0.6) is 0 Å². The third-order valence-electron chi connectivity index (χ3n) is 4.15. The summed E-state index contributed by atoms with van der Waals surface area (Å²) in [7, 11) is 0. The number of nitrogens with one attached hydrogen (secondary N) is 1. The van der Waals surface area contributed by atoms with Gasteiger partial charge in [0.1, 0.15) is 0 Å². The molecular formula is C16H19Cl2N3. The summed E-state index contributed by atoms with van der Waals surface area (Å²) in [5, 5.41) is 4.88. The number of rotatable bonds is 3. The molecule has 1 aliphatic heterocycles. The zero-order valence-corrected chi connectivity index (χ0v) is 13.6. The molecule has 0 radical (unpaired) electrons. The summed E-state index contributed by atoms with van der Waals surface area (Å²) in [6, 6.07) is 5.54. The van der Waals surface area contributed by atoms with Crippen molar-refractivity contribution in [2.75, 3.05) is 13.1 Å². The Kier molecular flexibility index (Phi) is 4.25. The van der Waals surface area contributed by atoms with E-state index in [2.05, 4.69) is 21.8 Å². The summed E-state index contributed by atoms with van der Waals surface area (Å²) in [5.41, 5.74) is 2.21. The van der Waals surface area contributed by atoms with Gasteiger partial charge in [-0.3, -0.25) is 0 Å². The van der Waals surface area contributed by atoms with Crippen LogP contribution in [-0.2, 0) is 6.54 Å². The zero-order chi connectivity index (χ0) is 14.9. The molecule has 0 saturated carbocycles. The van der Waals surface area contributed by atoms with Crippen molar-refractivity contribution >= 4 is 23.2 Å². The van der Waals surface area contributed by atoms with E-state index < -0.39 is 0 Å². The lowest BCUT2D eigenvalue weighted by Crippen LogP contribution is -2.40. The minimum Gasteiger partial charge on any atom is -0.330 e. The quantitative estimate of drug-likeness (QED) is 0.915. The average Bonchev–Trinajstić information content (AvgIpc) is 2.89. The predicted molar refractivity (Wildman–Crippen MR) is 87.9 cm³/mol. The lowest BCUT2D eigenvalue weighted by Gasteiger charge is -2.34. The number of imidazole rings is 1. The molecule has 21 heavy (non-hydrogen) atoms. The number of aromatic nitrogens is 2. The van der Waals surface area contributed by atoms with E-state index in [1.807, 2.05) is 24.7 Å². The number of piperidine rings is 1. The van der Waals surface area contributed by atoms with Crippen molar-refractivity contribution in [2.24, 2.45) is 5.41 Å². The summed E-state index contributed by atoms with van der Waals surface area (Å²) in [4.78, 5) is 4.31. The van der Waals surface area contributed by atoms with Gasteiger partial charge in [0, 0.05) is 23.7 Å². The second-order valence-corrected chi connectivity index (χ2v) is 6.97. The maximum absolute atomic E-state index is 6.32. The van der Waals surface area contributed by atoms with Gasteiger partial charge in [0.2, 0.25) is 0 Å². The highest BCUT2D eigenvalue weighted by Gasteiger charge is 2.28. The largest absolute Gasteiger partial charge is 0.330 e. The molecule has 1 aromatic carbocycles. The Hall–Kier alpha value is -1.03. The van der Waals surface area contributed by atoms with Crippen LogP contribution in [-0.4, -0.2) is 22.6 Å². The van der Waals surface area contributed by atoms with Crippen LogP contribution in [0.25, 0.3) is 11.3 Å². The van der Waals surface area contributed by atoms with Crippen LogP contribution >= 0.6 is 23.2 Å². The van der Waals surface area contributed by atoms with Gasteiger partial charge in [-0.05, 0) is 43.0 Å². The fourth-order valence-electron chi connectivity index (χ4n) is 3.03. The van der Waals surface area contributed by atoms with Gasteiger partial charge in [0.15, 0.2) is 0 Å². The van der Waals surface area contributed by atoms with Gasteiger partial charge in [-0.15, -0.1) is 0 Å². The lowest BCUT2D eigenvalue weighted by molar-refractivity contribution is 0.202. The van der Waals surface area contributed by atoms with Gasteiger partial charge in [0.05, 0.1) is 23.2 Å². The fourth-order valence-corrected chi connectivity index (χ4v) is 3.42. The van der Waals surface area contributed by atoms with Crippen LogP contribution in [0.1, 0.15) is 19.8 Å². The third kappa shape index (κ3) is 3.25. The van der Waals surface area contributed by atoms with Crippen molar-refractivity contribution < 1.29 is 0 Å². The molecule has 1 atom stereocenters. The summed E-state index contributed by atoms with van der Waals surface area (Å²) in [6.45, 7) is 5.40. The predicted octanol–water partition coefficient (Wildman–Crippen LogP) is 4.25. The van der Waals surface area contributed by atoms with Gasteiger partial charge in [0.25, 0.3) is 0 Å². The minimum atomic E-state index is 0.249. The molecule has 0 amide bonds. The topological polar surface area (TPSA) is 29.9 Å². The molecule has 1 unspecified atom stereocenters. The molecule has 3 nitrogen and oxygen atoms in total. The molecule has 2 aromatic rings. The number of hydrogen-bond donors (Lipinski definition) is 1. The molecule has 0 bridgehead atoms. The van der Waals surface area contributed by atoms with E-state index in [-0.39, 0.29) is 5.41 Å². The van der Waals surface area contributed by atoms with Crippen molar-refractivity contribution in [2.45, 2.75) is 26.3 Å². The van der Waals surface area contributed by atoms with Gasteiger partial charge in [-0.2, -0.15) is 0 Å². The Morgan fingerprint density at radius 1 is 1.38 bits per heavy atom. The highest BCUT2D eigenvalue weighted by molar-refractivity contribution is 6.35. The summed E-state index contributed by atoms with van der Waals surface area (Å²) in [5.74, 6) is 0. The van der Waals surface area contributed by atoms with Crippen LogP contribution in [0.2, 0.25) is 10.0 Å². The first-order valence-electron chi connectivity index (χ1n) is 7.24. The van der Waals surface area contributed by atoms with E-state index in [1.165, 1.54) is 12.8 Å². The number of halogens is 2. The van der Waals surface area contributed by atoms with Crippen LogP contribution in [0.3, 0.4) is 0 Å². The maximum atomic E-state index is 6.32. The third-order valence-corrected chi connectivity index (χ3v) is 4.72. The maximum Gasteiger partial charge on any atom is 0.0951 e. The van der Waals surface area contributed by atoms with E-state index >= 15 is 0 Å². The van der Waals surface area contributed by atoms with Crippen molar-refractivity contribution in [3.05, 3.63) is 40.8 Å². The smallest absolute Gasteiger partial charge is 0.0951 e. The van der Waals surface area contributed by atoms with E-state index in [4.69, 9.17) is 23.2 Å².